The van der Waals surface area contributed by atoms with Crippen LogP contribution in [0.15, 0.2) is 29.1 Å². The van der Waals surface area contributed by atoms with E-state index in [1.807, 2.05) is 0 Å². The fraction of sp³-hybridized carbons (Fsp3) is 0.538. The number of allylic oxidation sites excluding steroid dienone is 1. The molecule has 0 saturated heterocycles. The van der Waals surface area contributed by atoms with Crippen molar-refractivity contribution >= 4 is 11.9 Å². The van der Waals surface area contributed by atoms with Crippen LogP contribution in [-0.2, 0) is 9.53 Å². The first-order chi connectivity index (χ1) is 11.4. The van der Waals surface area contributed by atoms with Gasteiger partial charge >= 0.3 is 5.97 Å². The summed E-state index contributed by atoms with van der Waals surface area (Å²) in [6.07, 6.45) is -5.40. The topological polar surface area (TPSA) is 224 Å². The Morgan fingerprint density at radius 1 is 1.48 bits per heavy atom. The summed E-state index contributed by atoms with van der Waals surface area (Å²) in [4.78, 5) is 14.7. The van der Waals surface area contributed by atoms with Gasteiger partial charge in [0.2, 0.25) is 17.2 Å². The van der Waals surface area contributed by atoms with Crippen molar-refractivity contribution in [2.45, 2.75) is 36.7 Å². The second kappa shape index (κ2) is 7.25. The molecule has 1 aliphatic rings. The zero-order valence-corrected chi connectivity index (χ0v) is 13.3. The molecule has 0 radical (unpaired) electrons. The van der Waals surface area contributed by atoms with Crippen LogP contribution in [0.2, 0.25) is 0 Å². The molecule has 11 N–H and O–H groups in total. The molecule has 0 fully saturated rings. The van der Waals surface area contributed by atoms with Crippen molar-refractivity contribution in [3.63, 3.8) is 0 Å². The number of nitrogens with one attached hydrogen (secondary N) is 1. The van der Waals surface area contributed by atoms with Gasteiger partial charge in [-0.15, -0.1) is 0 Å². The number of rotatable bonds is 7. The average Bonchev–Trinajstić information content (AvgIpc) is 2.46. The highest BCUT2D eigenvalue weighted by atomic mass is 16.6. The maximum Gasteiger partial charge on any atom is 0.371 e. The number of carboxylic acids is 1. The number of carboxylic acid groups (broad SMARTS) is 1. The van der Waals surface area contributed by atoms with E-state index in [9.17, 15) is 25.2 Å². The third kappa shape index (κ3) is 4.00. The lowest BCUT2D eigenvalue weighted by Gasteiger charge is -2.49. The van der Waals surface area contributed by atoms with Gasteiger partial charge in [0.1, 0.15) is 12.2 Å². The fourth-order valence-electron chi connectivity index (χ4n) is 2.30. The number of ether oxygens (including phenoxy) is 1. The van der Waals surface area contributed by atoms with Crippen LogP contribution in [-0.4, -0.2) is 78.9 Å². The van der Waals surface area contributed by atoms with E-state index in [0.29, 0.717) is 6.08 Å². The lowest BCUT2D eigenvalue weighted by Crippen LogP contribution is -2.74. The van der Waals surface area contributed by atoms with Gasteiger partial charge < -0.3 is 52.2 Å². The van der Waals surface area contributed by atoms with Gasteiger partial charge in [0, 0.05) is 11.8 Å². The molecule has 0 aromatic carbocycles. The third-order valence-electron chi connectivity index (χ3n) is 3.36. The first kappa shape index (κ1) is 20.7. The first-order valence-electron chi connectivity index (χ1n) is 6.97. The molecule has 12 heteroatoms. The Morgan fingerprint density at radius 2 is 2.04 bits per heavy atom. The van der Waals surface area contributed by atoms with Crippen molar-refractivity contribution < 1.29 is 40.2 Å². The van der Waals surface area contributed by atoms with Crippen molar-refractivity contribution in [2.24, 2.45) is 16.5 Å². The molecule has 0 saturated carbocycles. The lowest BCUT2D eigenvalue weighted by atomic mass is 9.85. The summed E-state index contributed by atoms with van der Waals surface area (Å²) in [7, 11) is 0. The van der Waals surface area contributed by atoms with Gasteiger partial charge in [-0.25, -0.2) is 9.79 Å². The van der Waals surface area contributed by atoms with Gasteiger partial charge in [-0.3, -0.25) is 0 Å². The zero-order valence-electron chi connectivity index (χ0n) is 13.3. The molecule has 0 aliphatic carbocycles. The van der Waals surface area contributed by atoms with E-state index < -0.39 is 54.1 Å². The second-order valence-corrected chi connectivity index (χ2v) is 5.53. The minimum absolute atomic E-state index is 0.0539. The molecule has 0 spiro atoms. The summed E-state index contributed by atoms with van der Waals surface area (Å²) in [5.74, 6) is -3.30. The summed E-state index contributed by atoms with van der Waals surface area (Å²) >= 11 is 0. The SMILES string of the molecule is C=C(C)N[C@@]1(O)[C@@H](C(O)C(O)CO)OC(C(=O)O)=C[C@@]1(O)N=C(N)N. The zero-order chi connectivity index (χ0) is 19.6. The van der Waals surface area contributed by atoms with E-state index in [0.717, 1.165) is 0 Å². The number of nitrogens with two attached hydrogens (primary N) is 2. The van der Waals surface area contributed by atoms with Crippen molar-refractivity contribution in [1.82, 2.24) is 5.32 Å². The summed E-state index contributed by atoms with van der Waals surface area (Å²) in [6, 6.07) is 0. The van der Waals surface area contributed by atoms with Crippen molar-refractivity contribution in [1.29, 1.82) is 0 Å². The number of nitrogens with zero attached hydrogens (tertiary/aromatic N) is 1. The van der Waals surface area contributed by atoms with Gasteiger partial charge in [0.15, 0.2) is 12.1 Å². The Morgan fingerprint density at radius 3 is 2.44 bits per heavy atom. The smallest absolute Gasteiger partial charge is 0.371 e. The Hall–Kier alpha value is -2.38. The number of aliphatic hydroxyl groups is 5. The number of aliphatic imine (C=N–C) groups is 1. The Labute approximate surface area is 142 Å². The van der Waals surface area contributed by atoms with Crippen molar-refractivity contribution in [2.75, 3.05) is 6.61 Å². The molecule has 1 aliphatic heterocycles. The quantitative estimate of drug-likeness (QED) is 0.120. The van der Waals surface area contributed by atoms with Crippen LogP contribution in [0, 0.1) is 0 Å². The Bertz CT molecular complexity index is 605. The van der Waals surface area contributed by atoms with Crippen LogP contribution in [0.25, 0.3) is 0 Å². The van der Waals surface area contributed by atoms with Gasteiger partial charge in [-0.2, -0.15) is 0 Å². The normalized spacial score (nSPS) is 31.1. The number of hydrogen-bond acceptors (Lipinski definition) is 9. The van der Waals surface area contributed by atoms with Gasteiger partial charge in [-0.1, -0.05) is 6.58 Å². The summed E-state index contributed by atoms with van der Waals surface area (Å²) in [5.41, 5.74) is 4.93. The van der Waals surface area contributed by atoms with Crippen LogP contribution in [0.3, 0.4) is 0 Å². The molecule has 12 nitrogen and oxygen atoms in total. The highest BCUT2D eigenvalue weighted by molar-refractivity contribution is 5.85. The van der Waals surface area contributed by atoms with Gasteiger partial charge in [-0.05, 0) is 6.92 Å². The first-order valence-corrected chi connectivity index (χ1v) is 6.97. The maximum absolute atomic E-state index is 11.2. The molecule has 0 bridgehead atoms. The van der Waals surface area contributed by atoms with E-state index in [4.69, 9.17) is 26.4 Å². The molecule has 2 unspecified atom stereocenters. The molecule has 25 heavy (non-hydrogen) atoms. The maximum atomic E-state index is 11.2. The van der Waals surface area contributed by atoms with E-state index in [1.54, 1.807) is 0 Å². The number of hydrogen-bond donors (Lipinski definition) is 9. The minimum atomic E-state index is -2.82. The van der Waals surface area contributed by atoms with E-state index >= 15 is 0 Å². The van der Waals surface area contributed by atoms with E-state index in [2.05, 4.69) is 16.9 Å². The third-order valence-corrected chi connectivity index (χ3v) is 3.36. The summed E-state index contributed by atoms with van der Waals surface area (Å²) < 4.78 is 5.00. The van der Waals surface area contributed by atoms with Crippen molar-refractivity contribution in [3.8, 4) is 0 Å². The Kier molecular flexibility index (Phi) is 5.99. The molecule has 0 amide bonds. The largest absolute Gasteiger partial charge is 0.475 e. The summed E-state index contributed by atoms with van der Waals surface area (Å²) in [5, 5.41) is 61.9. The van der Waals surface area contributed by atoms with Crippen LogP contribution in [0.1, 0.15) is 6.92 Å². The molecule has 5 atom stereocenters. The molecule has 0 aromatic rings. The van der Waals surface area contributed by atoms with Crippen LogP contribution in [0.5, 0.6) is 0 Å². The summed E-state index contributed by atoms with van der Waals surface area (Å²) in [6.45, 7) is 3.90. The molecular weight excluding hydrogens is 340 g/mol. The van der Waals surface area contributed by atoms with E-state index in [-0.39, 0.29) is 5.70 Å². The molecule has 0 aromatic heterocycles. The van der Waals surface area contributed by atoms with Gasteiger partial charge in [0.05, 0.1) is 6.61 Å². The molecule has 1 heterocycles. The minimum Gasteiger partial charge on any atom is -0.475 e. The molecule has 1 rings (SSSR count). The lowest BCUT2D eigenvalue weighted by molar-refractivity contribution is -0.247. The second-order valence-electron chi connectivity index (χ2n) is 5.53. The average molecular weight is 362 g/mol. The van der Waals surface area contributed by atoms with Crippen LogP contribution < -0.4 is 16.8 Å². The molecular formula is C13H22N4O8. The molecule has 142 valence electrons. The van der Waals surface area contributed by atoms with Crippen LogP contribution in [0.4, 0.5) is 0 Å². The monoisotopic (exact) mass is 362 g/mol. The number of aliphatic hydroxyl groups excluding tert-OH is 3. The Balaban J connectivity index is 3.63. The number of guanidine groups is 1. The van der Waals surface area contributed by atoms with Crippen molar-refractivity contribution in [3.05, 3.63) is 24.1 Å². The van der Waals surface area contributed by atoms with Gasteiger partial charge in [0.25, 0.3) is 0 Å². The van der Waals surface area contributed by atoms with Crippen LogP contribution >= 0.6 is 0 Å². The fourth-order valence-corrected chi connectivity index (χ4v) is 2.30. The van der Waals surface area contributed by atoms with E-state index in [1.165, 1.54) is 6.92 Å². The number of carbonyl (C=O) groups is 1. The predicted molar refractivity (Wildman–Crippen MR) is 83.4 cm³/mol. The standard InChI is InChI=1S/C13H22N4O8/c1-5(2)16-13(24)9(8(20)6(19)4-18)25-7(10(21)22)3-12(13,23)17-11(14)15/h3,6,8-9,16,18-20,23-24H,1,4H2,2H3,(H,21,22)(H4,14,15,17)/t6?,8?,9-,12+,13-/m1/s1. The highest BCUT2D eigenvalue weighted by Gasteiger charge is 2.62. The predicted octanol–water partition coefficient (Wildman–Crippen LogP) is -4.16. The number of aliphatic carboxylic acids is 1. The highest BCUT2D eigenvalue weighted by Crippen LogP contribution is 2.38.